The first-order valence-corrected chi connectivity index (χ1v) is 11.3. The van der Waals surface area contributed by atoms with Gasteiger partial charge in [-0.25, -0.2) is 0 Å². The van der Waals surface area contributed by atoms with E-state index < -0.39 is 0 Å². The Hall–Kier alpha value is -2.87. The smallest absolute Gasteiger partial charge is 0.237 e. The Morgan fingerprint density at radius 2 is 1.91 bits per heavy atom. The average molecular weight is 441 g/mol. The van der Waals surface area contributed by atoms with Crippen molar-refractivity contribution in [3.05, 3.63) is 47.3 Å². The number of carbonyl (C=O) groups excluding carboxylic acids is 2. The minimum Gasteiger partial charge on any atom is -0.489 e. The zero-order valence-corrected chi connectivity index (χ0v) is 19.0. The molecule has 2 aliphatic heterocycles. The molecule has 1 N–H and O–H groups in total. The highest BCUT2D eigenvalue weighted by atomic mass is 16.5. The number of carbonyl (C=O) groups is 2. The van der Waals surface area contributed by atoms with E-state index in [4.69, 9.17) is 9.26 Å². The summed E-state index contributed by atoms with van der Waals surface area (Å²) in [5, 5.41) is 6.75. The van der Waals surface area contributed by atoms with Crippen molar-refractivity contribution in [2.24, 2.45) is 0 Å². The number of hydrogen-bond acceptors (Lipinski definition) is 6. The summed E-state index contributed by atoms with van der Waals surface area (Å²) in [4.78, 5) is 29.6. The first kappa shape index (κ1) is 22.3. The van der Waals surface area contributed by atoms with E-state index in [0.29, 0.717) is 38.2 Å². The second-order valence-electron chi connectivity index (χ2n) is 8.71. The number of ether oxygens (including phenoxy) is 1. The number of likely N-dealkylation sites (N-methyl/N-ethyl adjacent to an activating group) is 1. The summed E-state index contributed by atoms with van der Waals surface area (Å²) in [6.07, 6.45) is 2.65. The topological polar surface area (TPSA) is 87.9 Å². The maximum atomic E-state index is 12.8. The molecule has 2 aliphatic rings. The standard InChI is InChI=1S/C24H32N4O4/c1-16-21(17(2)32-26-16)14-23(29)27-11-9-18(10-12-27)28-15-20(13-22(28)24(30)25-3)31-19-7-5-4-6-8-19/h4-8,18,20,22H,9-15H2,1-3H3,(H,25,30)/t20-,22-/m0/s1. The fraction of sp³-hybridized carbons (Fsp3) is 0.542. The molecular weight excluding hydrogens is 408 g/mol. The Balaban J connectivity index is 1.36. The fourth-order valence-electron chi connectivity index (χ4n) is 4.89. The Morgan fingerprint density at radius 1 is 1.19 bits per heavy atom. The first-order chi connectivity index (χ1) is 15.5. The number of benzene rings is 1. The lowest BCUT2D eigenvalue weighted by Crippen LogP contribution is -2.52. The Bertz CT molecular complexity index is 917. The molecule has 2 atom stereocenters. The van der Waals surface area contributed by atoms with Crippen LogP contribution < -0.4 is 10.1 Å². The van der Waals surface area contributed by atoms with Gasteiger partial charge in [0.1, 0.15) is 17.6 Å². The van der Waals surface area contributed by atoms with Gasteiger partial charge in [0.25, 0.3) is 0 Å². The van der Waals surface area contributed by atoms with E-state index in [-0.39, 0.29) is 30.0 Å². The summed E-state index contributed by atoms with van der Waals surface area (Å²) in [5.41, 5.74) is 1.66. The molecule has 0 saturated carbocycles. The highest BCUT2D eigenvalue weighted by Gasteiger charge is 2.42. The molecule has 8 nitrogen and oxygen atoms in total. The van der Waals surface area contributed by atoms with Gasteiger partial charge in [-0.1, -0.05) is 23.4 Å². The molecule has 2 amide bonds. The maximum Gasteiger partial charge on any atom is 0.237 e. The predicted molar refractivity (Wildman–Crippen MR) is 119 cm³/mol. The molecular formula is C24H32N4O4. The highest BCUT2D eigenvalue weighted by Crippen LogP contribution is 2.29. The van der Waals surface area contributed by atoms with Crippen molar-refractivity contribution in [2.75, 3.05) is 26.7 Å². The zero-order valence-electron chi connectivity index (χ0n) is 19.0. The van der Waals surface area contributed by atoms with E-state index in [9.17, 15) is 9.59 Å². The lowest BCUT2D eigenvalue weighted by atomic mass is 10.0. The Morgan fingerprint density at radius 3 is 2.53 bits per heavy atom. The lowest BCUT2D eigenvalue weighted by molar-refractivity contribution is -0.133. The van der Waals surface area contributed by atoms with E-state index in [0.717, 1.165) is 29.8 Å². The van der Waals surface area contributed by atoms with E-state index >= 15 is 0 Å². The monoisotopic (exact) mass is 440 g/mol. The van der Waals surface area contributed by atoms with Crippen molar-refractivity contribution >= 4 is 11.8 Å². The summed E-state index contributed by atoms with van der Waals surface area (Å²) in [5.74, 6) is 1.67. The molecule has 0 unspecified atom stereocenters. The largest absolute Gasteiger partial charge is 0.489 e. The van der Waals surface area contributed by atoms with Crippen molar-refractivity contribution in [3.8, 4) is 5.75 Å². The van der Waals surface area contributed by atoms with Gasteiger partial charge in [0.2, 0.25) is 11.8 Å². The second kappa shape index (κ2) is 9.73. The molecule has 2 fully saturated rings. The minimum atomic E-state index is -0.205. The van der Waals surface area contributed by atoms with Gasteiger partial charge in [-0.2, -0.15) is 0 Å². The van der Waals surface area contributed by atoms with Crippen LogP contribution in [0.25, 0.3) is 0 Å². The third kappa shape index (κ3) is 4.80. The highest BCUT2D eigenvalue weighted by molar-refractivity contribution is 5.82. The number of aryl methyl sites for hydroxylation is 2. The van der Waals surface area contributed by atoms with Crippen molar-refractivity contribution < 1.29 is 18.8 Å². The number of para-hydroxylation sites is 1. The van der Waals surface area contributed by atoms with E-state index in [1.807, 2.05) is 49.1 Å². The van der Waals surface area contributed by atoms with Crippen molar-refractivity contribution in [3.63, 3.8) is 0 Å². The van der Waals surface area contributed by atoms with Crippen LogP contribution in [0, 0.1) is 13.8 Å². The summed E-state index contributed by atoms with van der Waals surface area (Å²) in [7, 11) is 1.68. The van der Waals surface area contributed by atoms with Gasteiger partial charge in [-0.15, -0.1) is 0 Å². The van der Waals surface area contributed by atoms with Crippen LogP contribution in [0.3, 0.4) is 0 Å². The number of nitrogens with zero attached hydrogens (tertiary/aromatic N) is 3. The van der Waals surface area contributed by atoms with Gasteiger partial charge in [0.15, 0.2) is 0 Å². The van der Waals surface area contributed by atoms with Crippen molar-refractivity contribution in [2.45, 2.75) is 57.7 Å². The average Bonchev–Trinajstić information content (AvgIpc) is 3.37. The lowest BCUT2D eigenvalue weighted by Gasteiger charge is -2.38. The molecule has 1 aromatic heterocycles. The van der Waals surface area contributed by atoms with Crippen LogP contribution in [-0.4, -0.2) is 71.6 Å². The first-order valence-electron chi connectivity index (χ1n) is 11.3. The molecule has 1 aromatic carbocycles. The molecule has 0 aliphatic carbocycles. The molecule has 4 rings (SSSR count). The van der Waals surface area contributed by atoms with Gasteiger partial charge in [-0.3, -0.25) is 14.5 Å². The van der Waals surface area contributed by atoms with Crippen LogP contribution in [0.2, 0.25) is 0 Å². The van der Waals surface area contributed by atoms with Crippen LogP contribution >= 0.6 is 0 Å². The summed E-state index contributed by atoms with van der Waals surface area (Å²) in [6, 6.07) is 9.80. The van der Waals surface area contributed by atoms with Crippen molar-refractivity contribution in [1.29, 1.82) is 0 Å². The number of amides is 2. The third-order valence-electron chi connectivity index (χ3n) is 6.69. The maximum absolute atomic E-state index is 12.8. The van der Waals surface area contributed by atoms with E-state index in [1.54, 1.807) is 7.05 Å². The normalized spacial score (nSPS) is 22.2. The third-order valence-corrected chi connectivity index (χ3v) is 6.69. The summed E-state index contributed by atoms with van der Waals surface area (Å²) in [6.45, 7) is 5.80. The number of rotatable bonds is 6. The molecule has 8 heteroatoms. The second-order valence-corrected chi connectivity index (χ2v) is 8.71. The molecule has 32 heavy (non-hydrogen) atoms. The fourth-order valence-corrected chi connectivity index (χ4v) is 4.89. The van der Waals surface area contributed by atoms with E-state index in [2.05, 4.69) is 15.4 Å². The number of hydrogen-bond donors (Lipinski definition) is 1. The molecule has 0 radical (unpaired) electrons. The van der Waals surface area contributed by atoms with Crippen LogP contribution in [0.4, 0.5) is 0 Å². The Kier molecular flexibility index (Phi) is 6.79. The van der Waals surface area contributed by atoms with Crippen LogP contribution in [0.15, 0.2) is 34.9 Å². The number of piperidine rings is 1. The van der Waals surface area contributed by atoms with Gasteiger partial charge in [0.05, 0.1) is 18.2 Å². The van der Waals surface area contributed by atoms with Gasteiger partial charge < -0.3 is 19.5 Å². The Labute approximate surface area is 188 Å². The number of likely N-dealkylation sites (tertiary alicyclic amines) is 2. The van der Waals surface area contributed by atoms with Gasteiger partial charge in [-0.05, 0) is 38.8 Å². The van der Waals surface area contributed by atoms with Crippen LogP contribution in [-0.2, 0) is 16.0 Å². The molecule has 2 aromatic rings. The number of aromatic nitrogens is 1. The zero-order chi connectivity index (χ0) is 22.7. The molecule has 172 valence electrons. The summed E-state index contributed by atoms with van der Waals surface area (Å²) >= 11 is 0. The molecule has 0 bridgehead atoms. The van der Waals surface area contributed by atoms with E-state index in [1.165, 1.54) is 0 Å². The SMILES string of the molecule is CNC(=O)[C@@H]1C[C@H](Oc2ccccc2)CN1C1CCN(C(=O)Cc2c(C)noc2C)CC1. The molecule has 0 spiro atoms. The summed E-state index contributed by atoms with van der Waals surface area (Å²) < 4.78 is 11.3. The van der Waals surface area contributed by atoms with Crippen molar-refractivity contribution in [1.82, 2.24) is 20.3 Å². The van der Waals surface area contributed by atoms with Gasteiger partial charge in [0, 0.05) is 44.7 Å². The van der Waals surface area contributed by atoms with Gasteiger partial charge >= 0.3 is 0 Å². The molecule has 2 saturated heterocycles. The quantitative estimate of drug-likeness (QED) is 0.740. The predicted octanol–water partition coefficient (Wildman–Crippen LogP) is 2.09. The molecule has 3 heterocycles. The minimum absolute atomic E-state index is 0.0288. The number of nitrogens with one attached hydrogen (secondary N) is 1. The van der Waals surface area contributed by atoms with Crippen LogP contribution in [0.1, 0.15) is 36.3 Å². The van der Waals surface area contributed by atoms with Crippen LogP contribution in [0.5, 0.6) is 5.75 Å².